The molecule has 1 aromatic rings. The Hall–Kier alpha value is -2.17. The highest BCUT2D eigenvalue weighted by Crippen LogP contribution is 2.41. The van der Waals surface area contributed by atoms with Crippen LogP contribution in [0.15, 0.2) is 30.3 Å². The number of rotatable bonds is 4. The van der Waals surface area contributed by atoms with Gasteiger partial charge in [0.25, 0.3) is 5.91 Å². The van der Waals surface area contributed by atoms with Gasteiger partial charge in [0.1, 0.15) is 5.78 Å². The zero-order valence-electron chi connectivity index (χ0n) is 14.8. The van der Waals surface area contributed by atoms with E-state index in [1.165, 1.54) is 4.90 Å². The van der Waals surface area contributed by atoms with E-state index in [2.05, 4.69) is 0 Å². The van der Waals surface area contributed by atoms with E-state index in [1.54, 1.807) is 26.2 Å². The summed E-state index contributed by atoms with van der Waals surface area (Å²) in [5.41, 5.74) is 0.668. The molecule has 2 saturated carbocycles. The van der Waals surface area contributed by atoms with E-state index in [9.17, 15) is 14.4 Å². The van der Waals surface area contributed by atoms with Crippen molar-refractivity contribution in [3.05, 3.63) is 35.9 Å². The highest BCUT2D eigenvalue weighted by atomic mass is 16.5. The van der Waals surface area contributed by atoms with E-state index in [1.807, 2.05) is 18.2 Å². The van der Waals surface area contributed by atoms with Crippen molar-refractivity contribution >= 4 is 17.7 Å². The van der Waals surface area contributed by atoms with E-state index in [-0.39, 0.29) is 29.6 Å². The number of amides is 1. The van der Waals surface area contributed by atoms with Gasteiger partial charge in [0.15, 0.2) is 0 Å². The number of carbonyl (C=O) groups excluding carboxylic acids is 3. The van der Waals surface area contributed by atoms with E-state index in [0.29, 0.717) is 24.2 Å². The standard InChI is InChI=1S/C20H25NO4/c1-21(2)19(23)18(13-7-4-3-5-8-13)25-20(24)16-11-14-9-6-10-15(12-16)17(14)22/h3-5,7-8,14-16,18H,6,9-12H2,1-2H3. The molecular formula is C20H25NO4. The second-order valence-electron chi connectivity index (χ2n) is 7.36. The molecule has 3 unspecified atom stereocenters. The predicted octanol–water partition coefficient (Wildman–Crippen LogP) is 2.75. The predicted molar refractivity (Wildman–Crippen MR) is 92.5 cm³/mol. The van der Waals surface area contributed by atoms with Gasteiger partial charge in [-0.25, -0.2) is 0 Å². The average molecular weight is 343 g/mol. The number of hydrogen-bond donors (Lipinski definition) is 0. The van der Waals surface area contributed by atoms with Crippen LogP contribution in [0.25, 0.3) is 0 Å². The molecule has 5 nitrogen and oxygen atoms in total. The maximum atomic E-state index is 12.7. The van der Waals surface area contributed by atoms with Gasteiger partial charge in [0, 0.05) is 31.5 Å². The molecule has 0 aliphatic heterocycles. The largest absolute Gasteiger partial charge is 0.447 e. The molecule has 2 aliphatic rings. The summed E-state index contributed by atoms with van der Waals surface area (Å²) in [7, 11) is 3.30. The van der Waals surface area contributed by atoms with Crippen LogP contribution in [0.1, 0.15) is 43.8 Å². The highest BCUT2D eigenvalue weighted by molar-refractivity contribution is 5.88. The van der Waals surface area contributed by atoms with Crippen LogP contribution < -0.4 is 0 Å². The first kappa shape index (κ1) is 17.6. The topological polar surface area (TPSA) is 63.7 Å². The number of benzene rings is 1. The summed E-state index contributed by atoms with van der Waals surface area (Å²) in [6, 6.07) is 9.08. The van der Waals surface area contributed by atoms with E-state index in [4.69, 9.17) is 4.74 Å². The van der Waals surface area contributed by atoms with Gasteiger partial charge in [-0.15, -0.1) is 0 Å². The van der Waals surface area contributed by atoms with Gasteiger partial charge in [0.05, 0.1) is 5.92 Å². The molecule has 2 bridgehead atoms. The minimum atomic E-state index is -0.929. The third kappa shape index (κ3) is 3.75. The fourth-order valence-corrected chi connectivity index (χ4v) is 4.01. The van der Waals surface area contributed by atoms with Crippen molar-refractivity contribution in [3.8, 4) is 0 Å². The van der Waals surface area contributed by atoms with Crippen LogP contribution in [0.3, 0.4) is 0 Å². The lowest BCUT2D eigenvalue weighted by atomic mass is 9.67. The number of nitrogens with zero attached hydrogens (tertiary/aromatic N) is 1. The van der Waals surface area contributed by atoms with Crippen molar-refractivity contribution in [2.45, 2.75) is 38.2 Å². The Kier molecular flexibility index (Phi) is 5.21. The van der Waals surface area contributed by atoms with Crippen LogP contribution >= 0.6 is 0 Å². The summed E-state index contributed by atoms with van der Waals surface area (Å²) in [4.78, 5) is 38.9. The number of fused-ring (bicyclic) bond motifs is 2. The molecule has 1 amide bonds. The molecule has 134 valence electrons. The van der Waals surface area contributed by atoms with Crippen LogP contribution in [0, 0.1) is 17.8 Å². The Labute approximate surface area is 148 Å². The Morgan fingerprint density at radius 1 is 1.08 bits per heavy atom. The van der Waals surface area contributed by atoms with Crippen LogP contribution in [0.4, 0.5) is 0 Å². The first-order valence-corrected chi connectivity index (χ1v) is 8.97. The van der Waals surface area contributed by atoms with Crippen molar-refractivity contribution in [1.82, 2.24) is 4.90 Å². The van der Waals surface area contributed by atoms with Crippen LogP contribution in [-0.4, -0.2) is 36.7 Å². The van der Waals surface area contributed by atoms with Gasteiger partial charge in [-0.1, -0.05) is 36.8 Å². The van der Waals surface area contributed by atoms with Gasteiger partial charge in [-0.3, -0.25) is 14.4 Å². The summed E-state index contributed by atoms with van der Waals surface area (Å²) >= 11 is 0. The monoisotopic (exact) mass is 343 g/mol. The van der Waals surface area contributed by atoms with E-state index in [0.717, 1.165) is 19.3 Å². The summed E-state index contributed by atoms with van der Waals surface area (Å²) < 4.78 is 5.66. The fraction of sp³-hybridized carbons (Fsp3) is 0.550. The number of likely N-dealkylation sites (N-methyl/N-ethyl adjacent to an activating group) is 1. The van der Waals surface area contributed by atoms with Gasteiger partial charge in [0.2, 0.25) is 6.10 Å². The van der Waals surface area contributed by atoms with Crippen molar-refractivity contribution in [1.29, 1.82) is 0 Å². The first-order chi connectivity index (χ1) is 12.0. The third-order valence-electron chi connectivity index (χ3n) is 5.38. The van der Waals surface area contributed by atoms with E-state index < -0.39 is 6.10 Å². The second-order valence-corrected chi connectivity index (χ2v) is 7.36. The van der Waals surface area contributed by atoms with Crippen molar-refractivity contribution in [2.24, 2.45) is 17.8 Å². The van der Waals surface area contributed by atoms with Gasteiger partial charge < -0.3 is 9.64 Å². The van der Waals surface area contributed by atoms with Crippen molar-refractivity contribution < 1.29 is 19.1 Å². The molecule has 0 heterocycles. The molecule has 0 N–H and O–H groups in total. The fourth-order valence-electron chi connectivity index (χ4n) is 4.01. The lowest BCUT2D eigenvalue weighted by Crippen LogP contribution is -2.40. The molecule has 3 atom stereocenters. The first-order valence-electron chi connectivity index (χ1n) is 8.97. The molecule has 0 aromatic heterocycles. The van der Waals surface area contributed by atoms with Crippen LogP contribution in [0.2, 0.25) is 0 Å². The molecule has 3 rings (SSSR count). The molecule has 0 radical (unpaired) electrons. The van der Waals surface area contributed by atoms with Crippen LogP contribution in [-0.2, 0) is 19.1 Å². The summed E-state index contributed by atoms with van der Waals surface area (Å²) in [6.45, 7) is 0. The third-order valence-corrected chi connectivity index (χ3v) is 5.38. The van der Waals surface area contributed by atoms with Gasteiger partial charge in [-0.2, -0.15) is 0 Å². The Morgan fingerprint density at radius 3 is 2.24 bits per heavy atom. The lowest BCUT2D eigenvalue weighted by molar-refractivity contribution is -0.166. The van der Waals surface area contributed by atoms with Crippen LogP contribution in [0.5, 0.6) is 0 Å². The molecular weight excluding hydrogens is 318 g/mol. The lowest BCUT2D eigenvalue weighted by Gasteiger charge is -2.37. The molecule has 0 spiro atoms. The molecule has 5 heteroatoms. The minimum Gasteiger partial charge on any atom is -0.447 e. The SMILES string of the molecule is CN(C)C(=O)C(OC(=O)C1CC2CCCC(C1)C2=O)c1ccccc1. The number of Topliss-reactive ketones (excluding diaryl/α,β-unsaturated/α-hetero) is 1. The normalized spacial score (nSPS) is 26.6. The average Bonchev–Trinajstić information content (AvgIpc) is 2.59. The molecule has 25 heavy (non-hydrogen) atoms. The smallest absolute Gasteiger partial charge is 0.310 e. The minimum absolute atomic E-state index is 0.00947. The highest BCUT2D eigenvalue weighted by Gasteiger charge is 2.42. The number of ketones is 1. The maximum Gasteiger partial charge on any atom is 0.310 e. The zero-order valence-corrected chi connectivity index (χ0v) is 14.8. The molecule has 2 fully saturated rings. The Bertz CT molecular complexity index is 639. The van der Waals surface area contributed by atoms with Gasteiger partial charge >= 0.3 is 5.97 Å². The Morgan fingerprint density at radius 2 is 1.68 bits per heavy atom. The molecule has 2 aliphatic carbocycles. The quantitative estimate of drug-likeness (QED) is 0.789. The molecule has 0 saturated heterocycles. The second kappa shape index (κ2) is 7.38. The van der Waals surface area contributed by atoms with Crippen molar-refractivity contribution in [2.75, 3.05) is 14.1 Å². The van der Waals surface area contributed by atoms with Gasteiger partial charge in [-0.05, 0) is 25.7 Å². The molecule has 1 aromatic carbocycles. The number of ether oxygens (including phenoxy) is 1. The number of esters is 1. The zero-order chi connectivity index (χ0) is 18.0. The van der Waals surface area contributed by atoms with E-state index >= 15 is 0 Å². The number of hydrogen-bond acceptors (Lipinski definition) is 4. The summed E-state index contributed by atoms with van der Waals surface area (Å²) in [6.07, 6.45) is 3.00. The number of carbonyl (C=O) groups is 3. The summed E-state index contributed by atoms with van der Waals surface area (Å²) in [5, 5.41) is 0. The summed E-state index contributed by atoms with van der Waals surface area (Å²) in [5.74, 6) is -0.594. The maximum absolute atomic E-state index is 12.7. The Balaban J connectivity index is 1.74. The van der Waals surface area contributed by atoms with Crippen molar-refractivity contribution in [3.63, 3.8) is 0 Å².